The Hall–Kier alpha value is -1.94. The van der Waals surface area contributed by atoms with Crippen LogP contribution in [-0.2, 0) is 21.7 Å². The molecule has 2 amide bonds. The first-order chi connectivity index (χ1) is 15.3. The fourth-order valence-corrected chi connectivity index (χ4v) is 6.63. The number of carbonyl (C=O) groups excluding carboxylic acids is 2. The van der Waals surface area contributed by atoms with Crippen molar-refractivity contribution in [1.29, 1.82) is 0 Å². The predicted molar refractivity (Wildman–Crippen MR) is 128 cm³/mol. The van der Waals surface area contributed by atoms with Gasteiger partial charge in [0, 0.05) is 31.7 Å². The summed E-state index contributed by atoms with van der Waals surface area (Å²) in [5.41, 5.74) is 6.24. The van der Waals surface area contributed by atoms with Crippen molar-refractivity contribution in [3.63, 3.8) is 0 Å². The second-order valence-electron chi connectivity index (χ2n) is 10.2. The lowest BCUT2D eigenvalue weighted by molar-refractivity contribution is -0.132. The van der Waals surface area contributed by atoms with Crippen LogP contribution in [0.25, 0.3) is 0 Å². The van der Waals surface area contributed by atoms with Gasteiger partial charge in [-0.2, -0.15) is 5.10 Å². The third kappa shape index (κ3) is 5.26. The van der Waals surface area contributed by atoms with Gasteiger partial charge in [-0.15, -0.1) is 0 Å². The number of hydrogen-bond donors (Lipinski definition) is 1. The Labute approximate surface area is 197 Å². The van der Waals surface area contributed by atoms with Gasteiger partial charge in [-0.05, 0) is 72.4 Å². The first kappa shape index (κ1) is 25.7. The summed E-state index contributed by atoms with van der Waals surface area (Å²) in [4.78, 5) is 29.3. The monoisotopic (exact) mass is 481 g/mol. The zero-order valence-electron chi connectivity index (χ0n) is 20.7. The highest BCUT2D eigenvalue weighted by Gasteiger charge is 2.45. The third-order valence-corrected chi connectivity index (χ3v) is 9.95. The van der Waals surface area contributed by atoms with E-state index in [1.807, 2.05) is 4.90 Å². The highest BCUT2D eigenvalue weighted by Crippen LogP contribution is 2.38. The summed E-state index contributed by atoms with van der Waals surface area (Å²) in [6, 6.07) is 2.17. The quantitative estimate of drug-likeness (QED) is 0.602. The van der Waals surface area contributed by atoms with E-state index in [1.54, 1.807) is 27.0 Å². The summed E-state index contributed by atoms with van der Waals surface area (Å²) in [6.07, 6.45) is 3.08. The minimum atomic E-state index is -3.25. The van der Waals surface area contributed by atoms with Crippen LogP contribution in [0.5, 0.6) is 0 Å². The first-order valence-electron chi connectivity index (χ1n) is 11.9. The zero-order valence-corrected chi connectivity index (χ0v) is 21.5. The maximum atomic E-state index is 13.5. The molecule has 33 heavy (non-hydrogen) atoms. The average molecular weight is 482 g/mol. The van der Waals surface area contributed by atoms with E-state index in [0.29, 0.717) is 30.7 Å². The van der Waals surface area contributed by atoms with Gasteiger partial charge < -0.3 is 15.5 Å². The summed E-state index contributed by atoms with van der Waals surface area (Å²) in [5.74, 6) is -1.05. The van der Waals surface area contributed by atoms with E-state index in [1.165, 1.54) is 4.68 Å². The van der Waals surface area contributed by atoms with Crippen molar-refractivity contribution in [2.45, 2.75) is 82.7 Å². The van der Waals surface area contributed by atoms with Gasteiger partial charge >= 0.3 is 0 Å². The summed E-state index contributed by atoms with van der Waals surface area (Å²) >= 11 is 0. The number of likely N-dealkylation sites (tertiary alicyclic amines) is 1. The number of aromatic nitrogens is 2. The van der Waals surface area contributed by atoms with Crippen LogP contribution in [0.4, 0.5) is 0 Å². The lowest BCUT2D eigenvalue weighted by atomic mass is 9.81. The lowest BCUT2D eigenvalue weighted by Gasteiger charge is -2.44. The minimum Gasteiger partial charge on any atom is -0.364 e. The predicted octanol–water partition coefficient (Wildman–Crippen LogP) is 1.54. The van der Waals surface area contributed by atoms with Crippen molar-refractivity contribution in [2.24, 2.45) is 18.7 Å². The molecule has 1 aromatic heterocycles. The number of carbonyl (C=O) groups is 2. The molecule has 4 atom stereocenters. The highest BCUT2D eigenvalue weighted by atomic mass is 32.2. The first-order valence-corrected chi connectivity index (χ1v) is 13.6. The summed E-state index contributed by atoms with van der Waals surface area (Å²) < 4.78 is 27.1. The lowest BCUT2D eigenvalue weighted by Crippen LogP contribution is -2.52. The van der Waals surface area contributed by atoms with Crippen LogP contribution >= 0.6 is 0 Å². The Morgan fingerprint density at radius 1 is 1.24 bits per heavy atom. The molecule has 0 spiro atoms. The van der Waals surface area contributed by atoms with Crippen LogP contribution in [0.3, 0.4) is 0 Å². The normalized spacial score (nSPS) is 26.7. The number of primary amides is 1. The van der Waals surface area contributed by atoms with E-state index < -0.39 is 26.9 Å². The van der Waals surface area contributed by atoms with Crippen molar-refractivity contribution in [3.8, 4) is 0 Å². The van der Waals surface area contributed by atoms with Gasteiger partial charge in [0.15, 0.2) is 9.84 Å². The Kier molecular flexibility index (Phi) is 7.58. The molecule has 2 heterocycles. The highest BCUT2D eigenvalue weighted by molar-refractivity contribution is 7.91. The molecular formula is C23H39N5O4S. The Morgan fingerprint density at radius 3 is 2.45 bits per heavy atom. The van der Waals surface area contributed by atoms with E-state index in [0.717, 1.165) is 19.3 Å². The van der Waals surface area contributed by atoms with E-state index in [-0.39, 0.29) is 29.3 Å². The molecule has 1 aliphatic carbocycles. The second-order valence-corrected chi connectivity index (χ2v) is 12.8. The Balaban J connectivity index is 1.84. The van der Waals surface area contributed by atoms with E-state index in [4.69, 9.17) is 5.73 Å². The van der Waals surface area contributed by atoms with Crippen LogP contribution in [0.15, 0.2) is 6.07 Å². The van der Waals surface area contributed by atoms with Crippen molar-refractivity contribution >= 4 is 21.7 Å². The molecule has 9 nitrogen and oxygen atoms in total. The third-order valence-electron chi connectivity index (χ3n) is 7.62. The zero-order chi connectivity index (χ0) is 24.7. The molecule has 0 bridgehead atoms. The van der Waals surface area contributed by atoms with Crippen LogP contribution in [0.1, 0.15) is 75.5 Å². The van der Waals surface area contributed by atoms with E-state index in [2.05, 4.69) is 30.9 Å². The molecular weight excluding hydrogens is 442 g/mol. The molecule has 0 radical (unpaired) electrons. The fourth-order valence-electron chi connectivity index (χ4n) is 5.29. The summed E-state index contributed by atoms with van der Waals surface area (Å²) in [6.45, 7) is 8.31. The Bertz CT molecular complexity index is 987. The number of hydrogen-bond acceptors (Lipinski definition) is 6. The van der Waals surface area contributed by atoms with Gasteiger partial charge in [-0.25, -0.2) is 8.42 Å². The van der Waals surface area contributed by atoms with Crippen LogP contribution in [0.2, 0.25) is 0 Å². The molecule has 2 aliphatic rings. The molecule has 10 heteroatoms. The molecule has 0 unspecified atom stereocenters. The molecule has 0 aromatic carbocycles. The SMILES string of the molecule is CC(C)N(C)[C@@H]1CC[C@H](N2CC[C@@H](c3cc(C(N)=O)n(C)n3)C2=O)[C@H](CS(=O)(=O)C(C)C)C1. The van der Waals surface area contributed by atoms with Crippen LogP contribution in [-0.4, -0.2) is 82.5 Å². The van der Waals surface area contributed by atoms with E-state index >= 15 is 0 Å². The number of sulfone groups is 1. The molecule has 1 aliphatic heterocycles. The van der Waals surface area contributed by atoms with Gasteiger partial charge in [0.2, 0.25) is 5.91 Å². The molecule has 1 saturated carbocycles. The molecule has 2 N–H and O–H groups in total. The van der Waals surface area contributed by atoms with Gasteiger partial charge in [0.25, 0.3) is 5.91 Å². The number of nitrogens with two attached hydrogens (primary N) is 1. The van der Waals surface area contributed by atoms with Crippen molar-refractivity contribution < 1.29 is 18.0 Å². The Morgan fingerprint density at radius 2 is 1.91 bits per heavy atom. The number of aryl methyl sites for hydroxylation is 1. The standard InChI is InChI=1S/C23H39N5O4S/c1-14(2)26(5)17-7-8-20(16(11-17)13-33(31,32)15(3)4)28-10-9-18(23(28)30)19-12-21(22(24)29)27(6)25-19/h12,14-18,20H,7-11,13H2,1-6H3,(H2,24,29)/t16-,17+,18-,20-/m0/s1. The second kappa shape index (κ2) is 9.74. The molecule has 1 aromatic rings. The van der Waals surface area contributed by atoms with Crippen molar-refractivity contribution in [2.75, 3.05) is 19.3 Å². The summed E-state index contributed by atoms with van der Waals surface area (Å²) in [5, 5.41) is 3.93. The fraction of sp³-hybridized carbons (Fsp3) is 0.783. The maximum Gasteiger partial charge on any atom is 0.266 e. The summed E-state index contributed by atoms with van der Waals surface area (Å²) in [7, 11) is 0.486. The topological polar surface area (TPSA) is 119 Å². The van der Waals surface area contributed by atoms with Crippen LogP contribution < -0.4 is 5.73 Å². The minimum absolute atomic E-state index is 0.0308. The number of rotatable bonds is 8. The molecule has 3 rings (SSSR count). The largest absolute Gasteiger partial charge is 0.364 e. The van der Waals surface area contributed by atoms with Gasteiger partial charge in [0.1, 0.15) is 5.69 Å². The van der Waals surface area contributed by atoms with Crippen molar-refractivity contribution in [3.05, 3.63) is 17.5 Å². The molecule has 186 valence electrons. The maximum absolute atomic E-state index is 13.5. The molecule has 2 fully saturated rings. The number of nitrogens with zero attached hydrogens (tertiary/aromatic N) is 4. The molecule has 1 saturated heterocycles. The van der Waals surface area contributed by atoms with Gasteiger partial charge in [-0.1, -0.05) is 0 Å². The number of amides is 2. The average Bonchev–Trinajstić information content (AvgIpc) is 3.29. The smallest absolute Gasteiger partial charge is 0.266 e. The van der Waals surface area contributed by atoms with E-state index in [9.17, 15) is 18.0 Å². The van der Waals surface area contributed by atoms with Crippen molar-refractivity contribution in [1.82, 2.24) is 19.6 Å². The van der Waals surface area contributed by atoms with Gasteiger partial charge in [-0.3, -0.25) is 14.3 Å². The van der Waals surface area contributed by atoms with Crippen LogP contribution in [0, 0.1) is 5.92 Å². The van der Waals surface area contributed by atoms with Gasteiger partial charge in [0.05, 0.1) is 22.6 Å².